The predicted molar refractivity (Wildman–Crippen MR) is 73.6 cm³/mol. The number of benzene rings is 1. The Bertz CT molecular complexity index is 553. The van der Waals surface area contributed by atoms with Gasteiger partial charge in [0.15, 0.2) is 0 Å². The maximum Gasteiger partial charge on any atom is 0.248 e. The number of amides is 1. The highest BCUT2D eigenvalue weighted by atomic mass is 32.1. The van der Waals surface area contributed by atoms with Crippen LogP contribution in [0.5, 0.6) is 0 Å². The van der Waals surface area contributed by atoms with Crippen molar-refractivity contribution in [2.75, 3.05) is 17.7 Å². The number of carbonyl (C=O) groups excluding carboxylic acids is 1. The molecule has 0 atom stereocenters. The number of primary amides is 1. The molecule has 1 aromatic carbocycles. The fourth-order valence-electron chi connectivity index (χ4n) is 1.67. The summed E-state index contributed by atoms with van der Waals surface area (Å²) >= 11 is 1.55. The molecule has 0 spiro atoms. The summed E-state index contributed by atoms with van der Waals surface area (Å²) in [6.07, 6.45) is 0. The fourth-order valence-corrected chi connectivity index (χ4v) is 2.22. The summed E-state index contributed by atoms with van der Waals surface area (Å²) < 4.78 is 0. The maximum absolute atomic E-state index is 11.2. The summed E-state index contributed by atoms with van der Waals surface area (Å²) in [5.74, 6) is -0.460. The molecule has 1 aromatic heterocycles. The lowest BCUT2D eigenvalue weighted by molar-refractivity contribution is 0.100. The molecule has 94 valence electrons. The molecule has 0 aliphatic heterocycles. The number of hydrogen-bond acceptors (Lipinski definition) is 5. The van der Waals surface area contributed by atoms with Crippen molar-refractivity contribution >= 4 is 28.6 Å². The van der Waals surface area contributed by atoms with Crippen LogP contribution in [0, 0.1) is 0 Å². The standard InChI is InChI=1S/C12H14N4OS/c1-16(5-9-6-18-7-15-9)11-4-8(12(14)17)2-3-10(11)13/h2-4,6-7H,5,13H2,1H3,(H2,14,17). The monoisotopic (exact) mass is 262 g/mol. The van der Waals surface area contributed by atoms with E-state index in [-0.39, 0.29) is 0 Å². The van der Waals surface area contributed by atoms with Crippen LogP contribution in [0.15, 0.2) is 29.1 Å². The zero-order valence-electron chi connectivity index (χ0n) is 9.96. The number of nitrogen functional groups attached to an aromatic ring is 1. The maximum atomic E-state index is 11.2. The molecule has 6 heteroatoms. The van der Waals surface area contributed by atoms with Crippen molar-refractivity contribution in [3.8, 4) is 0 Å². The Labute approximate surface area is 109 Å². The van der Waals surface area contributed by atoms with Crippen LogP contribution in [0.25, 0.3) is 0 Å². The normalized spacial score (nSPS) is 10.3. The van der Waals surface area contributed by atoms with E-state index in [0.717, 1.165) is 11.4 Å². The van der Waals surface area contributed by atoms with Crippen molar-refractivity contribution in [3.05, 3.63) is 40.3 Å². The van der Waals surface area contributed by atoms with E-state index >= 15 is 0 Å². The van der Waals surface area contributed by atoms with Crippen molar-refractivity contribution in [2.24, 2.45) is 5.73 Å². The summed E-state index contributed by atoms with van der Waals surface area (Å²) in [5, 5.41) is 1.98. The first-order chi connectivity index (χ1) is 8.58. The summed E-state index contributed by atoms with van der Waals surface area (Å²) in [4.78, 5) is 17.3. The highest BCUT2D eigenvalue weighted by molar-refractivity contribution is 7.07. The molecule has 0 bridgehead atoms. The highest BCUT2D eigenvalue weighted by Gasteiger charge is 2.10. The zero-order chi connectivity index (χ0) is 13.1. The molecule has 4 N–H and O–H groups in total. The number of anilines is 2. The Morgan fingerprint density at radius 2 is 2.28 bits per heavy atom. The van der Waals surface area contributed by atoms with Crippen LogP contribution in [0.4, 0.5) is 11.4 Å². The van der Waals surface area contributed by atoms with E-state index in [1.54, 1.807) is 35.0 Å². The van der Waals surface area contributed by atoms with E-state index in [9.17, 15) is 4.79 Å². The van der Waals surface area contributed by atoms with E-state index < -0.39 is 5.91 Å². The summed E-state index contributed by atoms with van der Waals surface area (Å²) in [6, 6.07) is 5.01. The van der Waals surface area contributed by atoms with Gasteiger partial charge >= 0.3 is 0 Å². The van der Waals surface area contributed by atoms with E-state index in [4.69, 9.17) is 11.5 Å². The quantitative estimate of drug-likeness (QED) is 0.817. The van der Waals surface area contributed by atoms with Crippen molar-refractivity contribution in [3.63, 3.8) is 0 Å². The average Bonchev–Trinajstić information content (AvgIpc) is 2.81. The van der Waals surface area contributed by atoms with Crippen LogP contribution in [-0.2, 0) is 6.54 Å². The second-order valence-electron chi connectivity index (χ2n) is 3.97. The second kappa shape index (κ2) is 5.05. The number of nitrogens with zero attached hydrogens (tertiary/aromatic N) is 2. The van der Waals surface area contributed by atoms with Crippen LogP contribution in [-0.4, -0.2) is 17.9 Å². The smallest absolute Gasteiger partial charge is 0.248 e. The Morgan fingerprint density at radius 3 is 2.89 bits per heavy atom. The number of hydrogen-bond donors (Lipinski definition) is 2. The van der Waals surface area contributed by atoms with E-state index in [0.29, 0.717) is 17.8 Å². The van der Waals surface area contributed by atoms with Gasteiger partial charge < -0.3 is 16.4 Å². The molecule has 1 amide bonds. The van der Waals surface area contributed by atoms with Gasteiger partial charge in [-0.25, -0.2) is 4.98 Å². The molecule has 2 aromatic rings. The molecular formula is C12H14N4OS. The average molecular weight is 262 g/mol. The molecule has 0 saturated carbocycles. The third kappa shape index (κ3) is 2.60. The van der Waals surface area contributed by atoms with Crippen LogP contribution in [0.1, 0.15) is 16.1 Å². The number of aromatic nitrogens is 1. The number of rotatable bonds is 4. The molecular weight excluding hydrogens is 248 g/mol. The zero-order valence-corrected chi connectivity index (χ0v) is 10.8. The van der Waals surface area contributed by atoms with Gasteiger partial charge in [0.25, 0.3) is 0 Å². The van der Waals surface area contributed by atoms with E-state index in [1.165, 1.54) is 0 Å². The molecule has 0 fully saturated rings. The molecule has 0 saturated heterocycles. The lowest BCUT2D eigenvalue weighted by Gasteiger charge is -2.20. The van der Waals surface area contributed by atoms with Gasteiger partial charge in [-0.15, -0.1) is 11.3 Å². The number of nitrogens with two attached hydrogens (primary N) is 2. The summed E-state index contributed by atoms with van der Waals surface area (Å²) in [6.45, 7) is 0.635. The lowest BCUT2D eigenvalue weighted by Crippen LogP contribution is -2.19. The molecule has 5 nitrogen and oxygen atoms in total. The van der Waals surface area contributed by atoms with Gasteiger partial charge in [0.1, 0.15) is 0 Å². The molecule has 1 heterocycles. The van der Waals surface area contributed by atoms with Gasteiger partial charge in [0.2, 0.25) is 5.91 Å². The third-order valence-electron chi connectivity index (χ3n) is 2.61. The Balaban J connectivity index is 2.26. The topological polar surface area (TPSA) is 85.2 Å². The third-order valence-corrected chi connectivity index (χ3v) is 3.24. The Hall–Kier alpha value is -2.08. The Morgan fingerprint density at radius 1 is 1.50 bits per heavy atom. The minimum atomic E-state index is -0.460. The Kier molecular flexibility index (Phi) is 3.47. The van der Waals surface area contributed by atoms with Gasteiger partial charge in [-0.2, -0.15) is 0 Å². The van der Waals surface area contributed by atoms with Crippen LogP contribution >= 0.6 is 11.3 Å². The van der Waals surface area contributed by atoms with Crippen molar-refractivity contribution in [1.82, 2.24) is 4.98 Å². The lowest BCUT2D eigenvalue weighted by atomic mass is 10.1. The first kappa shape index (κ1) is 12.4. The molecule has 2 rings (SSSR count). The van der Waals surface area contributed by atoms with E-state index in [1.807, 2.05) is 17.3 Å². The molecule has 0 aliphatic carbocycles. The van der Waals surface area contributed by atoms with Crippen molar-refractivity contribution < 1.29 is 4.79 Å². The van der Waals surface area contributed by atoms with Gasteiger partial charge in [-0.1, -0.05) is 0 Å². The number of thiazole rings is 1. The minimum Gasteiger partial charge on any atom is -0.397 e. The van der Waals surface area contributed by atoms with Gasteiger partial charge in [0.05, 0.1) is 29.1 Å². The van der Waals surface area contributed by atoms with Gasteiger partial charge in [-0.3, -0.25) is 4.79 Å². The van der Waals surface area contributed by atoms with E-state index in [2.05, 4.69) is 4.98 Å². The first-order valence-electron chi connectivity index (χ1n) is 5.35. The summed E-state index contributed by atoms with van der Waals surface area (Å²) in [7, 11) is 1.90. The van der Waals surface area contributed by atoms with Crippen LogP contribution in [0.3, 0.4) is 0 Å². The SMILES string of the molecule is CN(Cc1cscn1)c1cc(C(N)=O)ccc1N. The fraction of sp³-hybridized carbons (Fsp3) is 0.167. The summed E-state index contributed by atoms with van der Waals surface area (Å²) in [5.41, 5.74) is 15.8. The second-order valence-corrected chi connectivity index (χ2v) is 4.69. The molecule has 18 heavy (non-hydrogen) atoms. The van der Waals surface area contributed by atoms with Gasteiger partial charge in [-0.05, 0) is 18.2 Å². The van der Waals surface area contributed by atoms with Crippen molar-refractivity contribution in [1.29, 1.82) is 0 Å². The largest absolute Gasteiger partial charge is 0.397 e. The number of carbonyl (C=O) groups is 1. The van der Waals surface area contributed by atoms with Crippen molar-refractivity contribution in [2.45, 2.75) is 6.54 Å². The van der Waals surface area contributed by atoms with Crippen LogP contribution < -0.4 is 16.4 Å². The van der Waals surface area contributed by atoms with Crippen LogP contribution in [0.2, 0.25) is 0 Å². The molecule has 0 unspecified atom stereocenters. The predicted octanol–water partition coefficient (Wildman–Crippen LogP) is 1.46. The first-order valence-corrected chi connectivity index (χ1v) is 6.29. The highest BCUT2D eigenvalue weighted by Crippen LogP contribution is 2.24. The molecule has 0 aliphatic rings. The minimum absolute atomic E-state index is 0.448. The van der Waals surface area contributed by atoms with Gasteiger partial charge in [0, 0.05) is 18.0 Å². The molecule has 0 radical (unpaired) electrons.